The molecule has 0 aliphatic carbocycles. The highest BCUT2D eigenvalue weighted by molar-refractivity contribution is 8.00. The van der Waals surface area contributed by atoms with Crippen molar-refractivity contribution < 1.29 is 9.47 Å². The summed E-state index contributed by atoms with van der Waals surface area (Å²) in [6.07, 6.45) is 18.1. The molecule has 2 fully saturated rings. The van der Waals surface area contributed by atoms with Gasteiger partial charge in [0, 0.05) is 67.6 Å². The standard InChI is InChI=1S/C22H22N6OS.C16H10N4S2.C7H16N2O/c1-2-16-5-3-6-18(13-16)26-19-17(14-23)15-25-21-20(19)30-22(27-21)24-7-4-8-28-9-11-29-12-10-28;1-3-10-5-4-6-12(7-10)19-13-11(8-17)9-18-15-14(13)22-16(20-15)21-2;8-2-1-3-9-4-6-10-7-5-9/h1,3,5-6,13,15H,4,7-12H2,(H2,24,25,26,27);1,4-7,9H,2H3,(H,18,19);1-8H2. The molecule has 2 aliphatic heterocycles. The molecule has 0 amide bonds. The van der Waals surface area contributed by atoms with Crippen molar-refractivity contribution in [3.63, 3.8) is 0 Å². The molecule has 6 aromatic rings. The van der Waals surface area contributed by atoms with E-state index in [1.54, 1.807) is 24.2 Å². The van der Waals surface area contributed by atoms with Crippen molar-refractivity contribution in [3.8, 4) is 36.8 Å². The van der Waals surface area contributed by atoms with E-state index in [9.17, 15) is 10.5 Å². The van der Waals surface area contributed by atoms with Gasteiger partial charge in [0.2, 0.25) is 0 Å². The number of nitrogens with two attached hydrogens (primary N) is 1. The van der Waals surface area contributed by atoms with E-state index < -0.39 is 0 Å². The van der Waals surface area contributed by atoms with Crippen LogP contribution in [-0.4, -0.2) is 115 Å². The average Bonchev–Trinajstić information content (AvgIpc) is 3.96. The average molecular weight is 885 g/mol. The molecular weight excluding hydrogens is 837 g/mol. The number of aromatic nitrogens is 4. The first-order valence-corrected chi connectivity index (χ1v) is 23.0. The van der Waals surface area contributed by atoms with Crippen LogP contribution in [0.3, 0.4) is 0 Å². The third-order valence-corrected chi connectivity index (χ3v) is 12.7. The number of morpholine rings is 2. The predicted octanol–water partition coefficient (Wildman–Crippen LogP) is 7.10. The van der Waals surface area contributed by atoms with E-state index in [-0.39, 0.29) is 0 Å². The summed E-state index contributed by atoms with van der Waals surface area (Å²) in [4.78, 5) is 22.4. The Balaban J connectivity index is 0.000000175. The van der Waals surface area contributed by atoms with Gasteiger partial charge in [-0.3, -0.25) is 9.80 Å². The number of fused-ring (bicyclic) bond motifs is 2. The first kappa shape index (κ1) is 45.7. The summed E-state index contributed by atoms with van der Waals surface area (Å²) in [6, 6.07) is 19.4. The maximum Gasteiger partial charge on any atom is 0.185 e. The topological polar surface area (TPSA) is 186 Å². The molecule has 2 saturated heterocycles. The number of hydrogen-bond acceptors (Lipinski definition) is 17. The molecule has 0 spiro atoms. The van der Waals surface area contributed by atoms with Crippen LogP contribution in [0.5, 0.6) is 0 Å². The van der Waals surface area contributed by atoms with Crippen LogP contribution in [0.2, 0.25) is 0 Å². The Bertz CT molecular complexity index is 2570. The molecule has 4 aromatic heterocycles. The second kappa shape index (κ2) is 24.0. The van der Waals surface area contributed by atoms with Gasteiger partial charge >= 0.3 is 0 Å². The van der Waals surface area contributed by atoms with Crippen molar-refractivity contribution in [2.75, 3.05) is 101 Å². The minimum atomic E-state index is 0.469. The molecule has 6 heterocycles. The van der Waals surface area contributed by atoms with E-state index in [0.29, 0.717) is 28.1 Å². The molecule has 2 aromatic carbocycles. The number of thioether (sulfide) groups is 1. The van der Waals surface area contributed by atoms with Gasteiger partial charge in [-0.2, -0.15) is 10.5 Å². The van der Waals surface area contributed by atoms with Crippen LogP contribution in [0.25, 0.3) is 20.7 Å². The second-order valence-electron chi connectivity index (χ2n) is 13.9. The molecule has 0 atom stereocenters. The largest absolute Gasteiger partial charge is 0.379 e. The van der Waals surface area contributed by atoms with Crippen molar-refractivity contribution in [2.45, 2.75) is 17.2 Å². The number of anilines is 5. The smallest absolute Gasteiger partial charge is 0.185 e. The lowest BCUT2D eigenvalue weighted by Gasteiger charge is -2.26. The van der Waals surface area contributed by atoms with Crippen molar-refractivity contribution >= 4 is 83.0 Å². The maximum atomic E-state index is 9.55. The lowest BCUT2D eigenvalue weighted by atomic mass is 10.2. The van der Waals surface area contributed by atoms with Crippen molar-refractivity contribution in [2.24, 2.45) is 5.73 Å². The predicted molar refractivity (Wildman–Crippen MR) is 253 cm³/mol. The number of nitrogens with zero attached hydrogens (tertiary/aromatic N) is 8. The van der Waals surface area contributed by atoms with E-state index in [1.165, 1.54) is 22.7 Å². The van der Waals surface area contributed by atoms with Crippen LogP contribution in [0.4, 0.5) is 27.9 Å². The minimum Gasteiger partial charge on any atom is -0.379 e. The van der Waals surface area contributed by atoms with E-state index in [4.69, 9.17) is 28.1 Å². The highest BCUT2D eigenvalue weighted by atomic mass is 32.2. The SMILES string of the molecule is C#Cc1cccc(Nc2c(C#N)cnc3nc(NCCCN4CCOCC4)sc23)c1.C#Cc1cccc(Nc2c(C#N)cnc3nc(SC)sc23)c1.NCCCN1CCOCC1. The van der Waals surface area contributed by atoms with Crippen LogP contribution in [0, 0.1) is 47.3 Å². The molecule has 14 nitrogen and oxygen atoms in total. The molecule has 0 bridgehead atoms. The summed E-state index contributed by atoms with van der Waals surface area (Å²) in [5.74, 6) is 5.23. The first-order valence-electron chi connectivity index (χ1n) is 20.1. The number of nitriles is 2. The Morgan fingerprint density at radius 3 is 1.77 bits per heavy atom. The van der Waals surface area contributed by atoms with E-state index in [2.05, 4.69) is 69.7 Å². The number of ether oxygens (including phenoxy) is 2. The van der Waals surface area contributed by atoms with Gasteiger partial charge in [-0.05, 0) is 75.1 Å². The molecular formula is C45H48N12O2S3. The molecule has 2 aliphatic rings. The number of benzene rings is 2. The van der Waals surface area contributed by atoms with Crippen LogP contribution < -0.4 is 21.7 Å². The summed E-state index contributed by atoms with van der Waals surface area (Å²) < 4.78 is 13.2. The number of rotatable bonds is 13. The Hall–Kier alpha value is -5.83. The second-order valence-corrected chi connectivity index (χ2v) is 16.9. The van der Waals surface area contributed by atoms with Gasteiger partial charge in [-0.25, -0.2) is 19.9 Å². The van der Waals surface area contributed by atoms with E-state index in [1.807, 2.05) is 54.8 Å². The molecule has 8 rings (SSSR count). The van der Waals surface area contributed by atoms with Gasteiger partial charge in [0.1, 0.15) is 16.8 Å². The van der Waals surface area contributed by atoms with Crippen molar-refractivity contribution in [1.29, 1.82) is 10.5 Å². The Kier molecular flexibility index (Phi) is 17.7. The van der Waals surface area contributed by atoms with Gasteiger partial charge in [-0.15, -0.1) is 24.2 Å². The third-order valence-electron chi connectivity index (χ3n) is 9.65. The summed E-state index contributed by atoms with van der Waals surface area (Å²) in [5.41, 5.74) is 12.2. The van der Waals surface area contributed by atoms with Gasteiger partial charge in [0.15, 0.2) is 20.8 Å². The van der Waals surface area contributed by atoms with Gasteiger partial charge in [0.25, 0.3) is 0 Å². The lowest BCUT2D eigenvalue weighted by Crippen LogP contribution is -2.37. The first-order chi connectivity index (χ1) is 30.4. The number of thiazole rings is 2. The minimum absolute atomic E-state index is 0.469. The number of pyridine rings is 2. The fourth-order valence-corrected chi connectivity index (χ4v) is 8.91. The molecule has 62 heavy (non-hydrogen) atoms. The molecule has 5 N–H and O–H groups in total. The van der Waals surface area contributed by atoms with Crippen molar-refractivity contribution in [3.05, 3.63) is 83.2 Å². The summed E-state index contributed by atoms with van der Waals surface area (Å²) >= 11 is 4.57. The monoisotopic (exact) mass is 884 g/mol. The fraction of sp³-hybridized carbons (Fsp3) is 0.333. The highest BCUT2D eigenvalue weighted by Gasteiger charge is 2.17. The summed E-state index contributed by atoms with van der Waals surface area (Å²) in [5, 5.41) is 29.7. The Labute approximate surface area is 374 Å². The van der Waals surface area contributed by atoms with Gasteiger partial charge in [-0.1, -0.05) is 47.1 Å². The number of hydrogen-bond donors (Lipinski definition) is 4. The zero-order valence-corrected chi connectivity index (χ0v) is 37.0. The number of nitrogens with one attached hydrogen (secondary N) is 3. The zero-order chi connectivity index (χ0) is 43.5. The van der Waals surface area contributed by atoms with Gasteiger partial charge in [0.05, 0.1) is 53.6 Å². The number of terminal acetylenes is 2. The Morgan fingerprint density at radius 1 is 0.758 bits per heavy atom. The van der Waals surface area contributed by atoms with Crippen LogP contribution in [0.1, 0.15) is 35.1 Å². The molecule has 0 saturated carbocycles. The van der Waals surface area contributed by atoms with Gasteiger partial charge < -0.3 is 31.2 Å². The normalized spacial score (nSPS) is 13.9. The van der Waals surface area contributed by atoms with E-state index >= 15 is 0 Å². The maximum absolute atomic E-state index is 9.55. The van der Waals surface area contributed by atoms with Crippen LogP contribution in [-0.2, 0) is 9.47 Å². The lowest BCUT2D eigenvalue weighted by molar-refractivity contribution is 0.0377. The Morgan fingerprint density at radius 2 is 1.27 bits per heavy atom. The molecule has 0 radical (unpaired) electrons. The van der Waals surface area contributed by atoms with Crippen LogP contribution in [0.15, 0.2) is 65.3 Å². The fourth-order valence-electron chi connectivity index (χ4n) is 6.44. The molecule has 318 valence electrons. The molecule has 0 unspecified atom stereocenters. The van der Waals surface area contributed by atoms with Crippen molar-refractivity contribution in [1.82, 2.24) is 29.7 Å². The zero-order valence-electron chi connectivity index (χ0n) is 34.5. The summed E-state index contributed by atoms with van der Waals surface area (Å²) in [6.45, 7) is 11.4. The van der Waals surface area contributed by atoms with Crippen LogP contribution >= 0.6 is 34.4 Å². The van der Waals surface area contributed by atoms with E-state index in [0.717, 1.165) is 139 Å². The molecule has 17 heteroatoms. The highest BCUT2D eigenvalue weighted by Crippen LogP contribution is 2.37. The quantitative estimate of drug-likeness (QED) is 0.0523. The third kappa shape index (κ3) is 12.8. The summed E-state index contributed by atoms with van der Waals surface area (Å²) in [7, 11) is 0.